The number of nitrogens with zero attached hydrogens (tertiary/aromatic N) is 5. The molecule has 32 heavy (non-hydrogen) atoms. The number of amides is 1. The van der Waals surface area contributed by atoms with Crippen LogP contribution >= 0.6 is 35.7 Å². The van der Waals surface area contributed by atoms with Gasteiger partial charge in [-0.2, -0.15) is 0 Å². The maximum Gasteiger partial charge on any atom is 0.352 e. The monoisotopic (exact) mass is 503 g/mol. The van der Waals surface area contributed by atoms with E-state index in [1.165, 1.54) is 40.2 Å². The molecule has 0 saturated carbocycles. The Hall–Kier alpha value is -2.27. The fourth-order valence-corrected chi connectivity index (χ4v) is 5.93. The number of methoxy groups -OCH3 is 1. The van der Waals surface area contributed by atoms with E-state index < -0.39 is 35.0 Å². The molecule has 16 heteroatoms. The first-order chi connectivity index (χ1) is 15.1. The number of hydrogen-bond donors (Lipinski definition) is 4. The topological polar surface area (TPSA) is 186 Å². The van der Waals surface area contributed by atoms with E-state index in [0.29, 0.717) is 16.5 Å². The number of rotatable bonds is 10. The van der Waals surface area contributed by atoms with E-state index in [4.69, 9.17) is 27.8 Å². The van der Waals surface area contributed by atoms with Gasteiger partial charge in [-0.1, -0.05) is 24.0 Å². The first-order valence-corrected chi connectivity index (χ1v) is 11.7. The second kappa shape index (κ2) is 9.70. The summed E-state index contributed by atoms with van der Waals surface area (Å²) in [4.78, 5) is 37.4. The zero-order chi connectivity index (χ0) is 23.6. The lowest BCUT2D eigenvalue weighted by Gasteiger charge is -2.56. The van der Waals surface area contributed by atoms with Crippen molar-refractivity contribution in [3.05, 3.63) is 11.3 Å². The standard InChI is InChI=1S/C16H21N7O6S3/c1-22-15(19-20-21-22)32-6-7-5-31-14-16(29-2,13(28)23(14)10(7)12(26)27)18-9(30)4-3-8(17)11(24)25/h8,14H,3-6,17H2,1-2H3,(H,18,30)(H,24,25)(H,26,27)/t8-,14+,16+/m1/s1. The molecular weight excluding hydrogens is 482 g/mol. The molecule has 1 fully saturated rings. The molecule has 174 valence electrons. The molecule has 3 rings (SSSR count). The number of carbonyl (C=O) groups excluding carboxylic acids is 1. The van der Waals surface area contributed by atoms with E-state index in [-0.39, 0.29) is 29.3 Å². The van der Waals surface area contributed by atoms with Gasteiger partial charge in [-0.05, 0) is 28.8 Å². The number of carboxylic acid groups (broad SMARTS) is 2. The first-order valence-electron chi connectivity index (χ1n) is 9.22. The molecule has 3 heterocycles. The number of β-lactam (4-membered cyclic amide) rings is 1. The number of nitrogens with one attached hydrogen (secondary N) is 1. The Labute approximate surface area is 196 Å². The molecule has 0 bridgehead atoms. The zero-order valence-corrected chi connectivity index (χ0v) is 19.5. The van der Waals surface area contributed by atoms with E-state index in [1.807, 2.05) is 0 Å². The Balaban J connectivity index is 1.75. The van der Waals surface area contributed by atoms with Crippen molar-refractivity contribution in [2.24, 2.45) is 12.8 Å². The lowest BCUT2D eigenvalue weighted by atomic mass is 9.98. The average molecular weight is 504 g/mol. The maximum atomic E-state index is 13.1. The normalized spacial score (nSPS) is 23.4. The summed E-state index contributed by atoms with van der Waals surface area (Å²) in [6, 6.07) is -1.09. The van der Waals surface area contributed by atoms with Gasteiger partial charge in [-0.25, -0.2) is 9.48 Å². The minimum absolute atomic E-state index is 0.0786. The van der Waals surface area contributed by atoms with Crippen LogP contribution in [0.3, 0.4) is 0 Å². The fourth-order valence-electron chi connectivity index (χ4n) is 3.23. The first kappa shape index (κ1) is 24.4. The van der Waals surface area contributed by atoms with E-state index in [2.05, 4.69) is 20.8 Å². The molecular formula is C16H21N7O6S3. The number of thioether (sulfide) groups is 2. The third-order valence-corrected chi connectivity index (χ3v) is 7.69. The van der Waals surface area contributed by atoms with Crippen LogP contribution in [0.15, 0.2) is 16.4 Å². The van der Waals surface area contributed by atoms with Crippen LogP contribution in [0.2, 0.25) is 0 Å². The third kappa shape index (κ3) is 4.45. The molecule has 1 aromatic heterocycles. The van der Waals surface area contributed by atoms with Crippen molar-refractivity contribution in [3.63, 3.8) is 0 Å². The number of thiocarbonyl (C=S) groups is 1. The molecule has 1 amide bonds. The smallest absolute Gasteiger partial charge is 0.352 e. The molecule has 0 aromatic carbocycles. The van der Waals surface area contributed by atoms with E-state index >= 15 is 0 Å². The summed E-state index contributed by atoms with van der Waals surface area (Å²) in [7, 11) is 3.00. The van der Waals surface area contributed by atoms with E-state index in [9.17, 15) is 19.5 Å². The summed E-state index contributed by atoms with van der Waals surface area (Å²) in [5.41, 5.74) is 4.41. The summed E-state index contributed by atoms with van der Waals surface area (Å²) in [6.45, 7) is 0. The third-order valence-electron chi connectivity index (χ3n) is 4.92. The number of carboxylic acids is 2. The number of nitrogens with two attached hydrogens (primary N) is 1. The van der Waals surface area contributed by atoms with Gasteiger partial charge in [0.15, 0.2) is 0 Å². The molecule has 0 unspecified atom stereocenters. The highest BCUT2D eigenvalue weighted by Gasteiger charge is 2.66. The van der Waals surface area contributed by atoms with Crippen LogP contribution < -0.4 is 11.1 Å². The Morgan fingerprint density at radius 1 is 1.50 bits per heavy atom. The van der Waals surface area contributed by atoms with Crippen molar-refractivity contribution in [3.8, 4) is 0 Å². The van der Waals surface area contributed by atoms with Crippen LogP contribution in [0.5, 0.6) is 0 Å². The number of aryl methyl sites for hydroxylation is 1. The van der Waals surface area contributed by atoms with Crippen LogP contribution in [-0.4, -0.2) is 93.9 Å². The predicted molar refractivity (Wildman–Crippen MR) is 118 cm³/mol. The molecule has 2 aliphatic rings. The summed E-state index contributed by atoms with van der Waals surface area (Å²) in [5, 5.41) is 32.6. The minimum Gasteiger partial charge on any atom is -0.480 e. The number of tetrazole rings is 1. The SMILES string of the molecule is CO[C@@]1(NC(=S)CC[C@@H](N)C(=O)O)C(=O)N2C(C(=O)O)=C(CSc3nnnn3C)CS[C@H]21. The van der Waals surface area contributed by atoms with E-state index in [1.54, 1.807) is 7.05 Å². The Kier molecular flexibility index (Phi) is 7.39. The van der Waals surface area contributed by atoms with Gasteiger partial charge in [0.2, 0.25) is 5.16 Å². The number of aliphatic carboxylic acids is 2. The van der Waals surface area contributed by atoms with Crippen LogP contribution in [0.4, 0.5) is 0 Å². The molecule has 0 radical (unpaired) electrons. The highest BCUT2D eigenvalue weighted by molar-refractivity contribution is 8.01. The Morgan fingerprint density at radius 2 is 2.22 bits per heavy atom. The molecule has 2 aliphatic heterocycles. The van der Waals surface area contributed by atoms with Gasteiger partial charge in [-0.15, -0.1) is 16.9 Å². The molecule has 5 N–H and O–H groups in total. The Bertz CT molecular complexity index is 985. The number of ether oxygens (including phenoxy) is 1. The molecule has 1 aromatic rings. The molecule has 0 spiro atoms. The van der Waals surface area contributed by atoms with Crippen LogP contribution in [0.1, 0.15) is 12.8 Å². The minimum atomic E-state index is -1.54. The quantitative estimate of drug-likeness (QED) is 0.132. The largest absolute Gasteiger partial charge is 0.480 e. The highest BCUT2D eigenvalue weighted by atomic mass is 32.2. The van der Waals surface area contributed by atoms with E-state index in [0.717, 1.165) is 0 Å². The van der Waals surface area contributed by atoms with Crippen LogP contribution in [0.25, 0.3) is 0 Å². The summed E-state index contributed by atoms with van der Waals surface area (Å²) >= 11 is 7.85. The number of fused-ring (bicyclic) bond motifs is 1. The summed E-state index contributed by atoms with van der Waals surface area (Å²) in [5.74, 6) is -2.34. The Morgan fingerprint density at radius 3 is 2.78 bits per heavy atom. The van der Waals surface area contributed by atoms with Crippen LogP contribution in [-0.2, 0) is 26.2 Å². The lowest BCUT2D eigenvalue weighted by molar-refractivity contribution is -0.187. The average Bonchev–Trinajstić information content (AvgIpc) is 3.17. The molecule has 1 saturated heterocycles. The van der Waals surface area contributed by atoms with Gasteiger partial charge in [0.05, 0.1) is 4.99 Å². The number of hydrogen-bond acceptors (Lipinski definition) is 11. The molecule has 13 nitrogen and oxygen atoms in total. The van der Waals surface area contributed by atoms with Crippen LogP contribution in [0, 0.1) is 0 Å². The second-order valence-electron chi connectivity index (χ2n) is 6.94. The van der Waals surface area contributed by atoms with Gasteiger partial charge in [0, 0.05) is 25.7 Å². The van der Waals surface area contributed by atoms with Gasteiger partial charge in [-0.3, -0.25) is 14.5 Å². The molecule has 3 atom stereocenters. The maximum absolute atomic E-state index is 13.1. The fraction of sp³-hybridized carbons (Fsp3) is 0.562. The zero-order valence-electron chi connectivity index (χ0n) is 17.0. The summed E-state index contributed by atoms with van der Waals surface area (Å²) < 4.78 is 6.94. The van der Waals surface area contributed by atoms with Gasteiger partial charge >= 0.3 is 11.9 Å². The lowest BCUT2D eigenvalue weighted by Crippen LogP contribution is -2.80. The van der Waals surface area contributed by atoms with Crippen molar-refractivity contribution in [2.75, 3.05) is 18.6 Å². The van der Waals surface area contributed by atoms with Gasteiger partial charge in [0.1, 0.15) is 17.1 Å². The number of aromatic nitrogens is 4. The highest BCUT2D eigenvalue weighted by Crippen LogP contribution is 2.47. The van der Waals surface area contributed by atoms with Crippen molar-refractivity contribution in [1.82, 2.24) is 30.4 Å². The molecule has 0 aliphatic carbocycles. The van der Waals surface area contributed by atoms with Crippen molar-refractivity contribution in [1.29, 1.82) is 0 Å². The summed E-state index contributed by atoms with van der Waals surface area (Å²) in [6.07, 6.45) is 0.211. The second-order valence-corrected chi connectivity index (χ2v) is 9.44. The predicted octanol–water partition coefficient (Wildman–Crippen LogP) is -0.992. The van der Waals surface area contributed by atoms with Gasteiger partial charge in [0.25, 0.3) is 11.6 Å². The van der Waals surface area contributed by atoms with Crippen molar-refractivity contribution < 1.29 is 29.3 Å². The van der Waals surface area contributed by atoms with Gasteiger partial charge < -0.3 is 26.0 Å². The van der Waals surface area contributed by atoms with Crippen molar-refractivity contribution >= 4 is 58.6 Å². The van der Waals surface area contributed by atoms with Crippen molar-refractivity contribution in [2.45, 2.75) is 35.1 Å². The number of carbonyl (C=O) groups is 3.